The topological polar surface area (TPSA) is 63.6 Å². The van der Waals surface area contributed by atoms with Crippen molar-refractivity contribution in [1.29, 1.82) is 0 Å². The molecule has 18 heavy (non-hydrogen) atoms. The van der Waals surface area contributed by atoms with Gasteiger partial charge in [-0.15, -0.1) is 0 Å². The third kappa shape index (κ3) is 2.98. The molecule has 0 aliphatic carbocycles. The summed E-state index contributed by atoms with van der Waals surface area (Å²) in [5.41, 5.74) is 0.142. The van der Waals surface area contributed by atoms with E-state index in [1.807, 2.05) is 0 Å². The summed E-state index contributed by atoms with van der Waals surface area (Å²) in [5, 5.41) is -5.71. The van der Waals surface area contributed by atoms with Crippen LogP contribution in [0.5, 0.6) is 0 Å². The number of alkyl halides is 4. The first-order valence-corrected chi connectivity index (χ1v) is 5.92. The summed E-state index contributed by atoms with van der Waals surface area (Å²) in [6.07, 6.45) is -5.34. The van der Waals surface area contributed by atoms with E-state index >= 15 is 0 Å². The molecule has 4 nitrogen and oxygen atoms in total. The molecule has 0 atom stereocenters. The molecule has 0 aromatic heterocycles. The van der Waals surface area contributed by atoms with E-state index in [9.17, 15) is 26.0 Å². The molecule has 0 amide bonds. The molecule has 0 spiro atoms. The van der Waals surface area contributed by atoms with Crippen LogP contribution in [0.1, 0.15) is 5.56 Å². The van der Waals surface area contributed by atoms with Crippen LogP contribution >= 0.6 is 0 Å². The minimum absolute atomic E-state index is 0.142. The van der Waals surface area contributed by atoms with Crippen LogP contribution in [0.2, 0.25) is 0 Å². The van der Waals surface area contributed by atoms with E-state index in [0.717, 1.165) is 0 Å². The summed E-state index contributed by atoms with van der Waals surface area (Å²) in [6, 6.07) is 7.12. The average Bonchev–Trinajstić information content (AvgIpc) is 2.26. The average molecular weight is 288 g/mol. The molecular weight excluding hydrogens is 280 g/mol. The van der Waals surface area contributed by atoms with Crippen LogP contribution in [0.4, 0.5) is 17.6 Å². The first kappa shape index (κ1) is 14.9. The minimum atomic E-state index is -6.27. The van der Waals surface area contributed by atoms with Crippen molar-refractivity contribution in [1.82, 2.24) is 0 Å². The van der Waals surface area contributed by atoms with Gasteiger partial charge in [-0.3, -0.25) is 4.55 Å². The Balaban J connectivity index is 2.83. The van der Waals surface area contributed by atoms with Crippen LogP contribution in [0.3, 0.4) is 0 Å². The second-order valence-electron chi connectivity index (χ2n) is 3.28. The molecule has 9 heteroatoms. The van der Waals surface area contributed by atoms with Crippen LogP contribution in [0, 0.1) is 0 Å². The smallest absolute Gasteiger partial charge is 0.310 e. The third-order valence-electron chi connectivity index (χ3n) is 1.93. The number of halogens is 4. The lowest BCUT2D eigenvalue weighted by atomic mass is 10.2. The van der Waals surface area contributed by atoms with Crippen molar-refractivity contribution in [3.8, 4) is 0 Å². The first-order chi connectivity index (χ1) is 8.08. The Bertz CT molecular complexity index is 501. The van der Waals surface area contributed by atoms with Crippen molar-refractivity contribution in [2.45, 2.75) is 18.0 Å². The second-order valence-corrected chi connectivity index (χ2v) is 4.75. The summed E-state index contributed by atoms with van der Waals surface area (Å²) in [7, 11) is -6.27. The van der Waals surface area contributed by atoms with Gasteiger partial charge in [0.25, 0.3) is 0 Å². The fraction of sp³-hybridized carbons (Fsp3) is 0.333. The highest BCUT2D eigenvalue weighted by Crippen LogP contribution is 2.39. The molecule has 0 aliphatic heterocycles. The van der Waals surface area contributed by atoms with Gasteiger partial charge in [0.1, 0.15) is 0 Å². The van der Waals surface area contributed by atoms with Crippen molar-refractivity contribution >= 4 is 10.1 Å². The van der Waals surface area contributed by atoms with Crippen LogP contribution in [0.25, 0.3) is 0 Å². The third-order valence-corrected chi connectivity index (χ3v) is 2.81. The molecule has 0 fully saturated rings. The van der Waals surface area contributed by atoms with Crippen molar-refractivity contribution in [3.63, 3.8) is 0 Å². The Hall–Kier alpha value is -1.19. The van der Waals surface area contributed by atoms with Gasteiger partial charge in [0.05, 0.1) is 6.61 Å². The van der Waals surface area contributed by atoms with Gasteiger partial charge in [-0.2, -0.15) is 26.0 Å². The molecule has 1 aromatic rings. The molecule has 0 heterocycles. The van der Waals surface area contributed by atoms with Crippen molar-refractivity contribution in [3.05, 3.63) is 35.9 Å². The van der Waals surface area contributed by atoms with Gasteiger partial charge in [0.15, 0.2) is 0 Å². The highest BCUT2D eigenvalue weighted by molar-refractivity contribution is 7.86. The molecule has 1 rings (SSSR count). The van der Waals surface area contributed by atoms with E-state index in [-0.39, 0.29) is 5.56 Å². The fourth-order valence-corrected chi connectivity index (χ4v) is 1.34. The Morgan fingerprint density at radius 2 is 1.61 bits per heavy atom. The lowest BCUT2D eigenvalue weighted by Gasteiger charge is -2.23. The van der Waals surface area contributed by atoms with Gasteiger partial charge in [-0.1, -0.05) is 30.3 Å². The zero-order valence-electron chi connectivity index (χ0n) is 8.69. The van der Waals surface area contributed by atoms with Gasteiger partial charge in [-0.25, -0.2) is 0 Å². The maximum atomic E-state index is 12.9. The van der Waals surface area contributed by atoms with Gasteiger partial charge in [-0.05, 0) is 5.56 Å². The Labute approximate surface area is 99.9 Å². The van der Waals surface area contributed by atoms with Crippen molar-refractivity contribution in [2.24, 2.45) is 0 Å². The quantitative estimate of drug-likeness (QED) is 0.667. The largest absolute Gasteiger partial charge is 0.459 e. The SMILES string of the molecule is O=S(=O)(O)C(F)(F)C(F)(F)OCc1ccccc1. The second kappa shape index (κ2) is 4.82. The van der Waals surface area contributed by atoms with E-state index in [1.165, 1.54) is 24.3 Å². The lowest BCUT2D eigenvalue weighted by molar-refractivity contribution is -0.323. The maximum Gasteiger partial charge on any atom is 0.459 e. The number of ether oxygens (including phenoxy) is 1. The molecule has 0 bridgehead atoms. The highest BCUT2D eigenvalue weighted by Gasteiger charge is 2.67. The molecule has 0 saturated heterocycles. The molecule has 1 N–H and O–H groups in total. The lowest BCUT2D eigenvalue weighted by Crippen LogP contribution is -2.48. The van der Waals surface area contributed by atoms with Crippen LogP contribution in [-0.2, 0) is 21.5 Å². The van der Waals surface area contributed by atoms with Gasteiger partial charge < -0.3 is 4.74 Å². The monoisotopic (exact) mass is 288 g/mol. The summed E-state index contributed by atoms with van der Waals surface area (Å²) in [6.45, 7) is -0.932. The molecule has 102 valence electrons. The van der Waals surface area contributed by atoms with Gasteiger partial charge in [0, 0.05) is 0 Å². The van der Waals surface area contributed by atoms with E-state index in [0.29, 0.717) is 0 Å². The van der Waals surface area contributed by atoms with Crippen LogP contribution in [0.15, 0.2) is 30.3 Å². The van der Waals surface area contributed by atoms with Crippen molar-refractivity contribution < 1.29 is 35.3 Å². The summed E-state index contributed by atoms with van der Waals surface area (Å²) in [4.78, 5) is 0. The Morgan fingerprint density at radius 3 is 2.06 bits per heavy atom. The fourth-order valence-electron chi connectivity index (χ4n) is 0.982. The van der Waals surface area contributed by atoms with E-state index in [2.05, 4.69) is 4.74 Å². The van der Waals surface area contributed by atoms with Gasteiger partial charge in [0.2, 0.25) is 0 Å². The maximum absolute atomic E-state index is 12.9. The molecule has 0 aliphatic rings. The normalized spacial score (nSPS) is 13.6. The number of hydrogen-bond donors (Lipinski definition) is 1. The standard InChI is InChI=1S/C9H8F4O4S/c10-8(11,9(12,13)18(14,15)16)17-6-7-4-2-1-3-5-7/h1-5H,6H2,(H,14,15,16). The molecule has 0 saturated carbocycles. The predicted octanol–water partition coefficient (Wildman–Crippen LogP) is 2.28. The van der Waals surface area contributed by atoms with E-state index in [1.54, 1.807) is 6.07 Å². The zero-order valence-corrected chi connectivity index (χ0v) is 9.50. The molecule has 0 unspecified atom stereocenters. The Morgan fingerprint density at radius 1 is 1.11 bits per heavy atom. The highest BCUT2D eigenvalue weighted by atomic mass is 32.2. The number of rotatable bonds is 5. The van der Waals surface area contributed by atoms with Crippen LogP contribution < -0.4 is 0 Å². The summed E-state index contributed by atoms with van der Waals surface area (Å²) >= 11 is 0. The first-order valence-electron chi connectivity index (χ1n) is 4.48. The number of hydrogen-bond acceptors (Lipinski definition) is 3. The molecule has 1 aromatic carbocycles. The summed E-state index contributed by atoms with van der Waals surface area (Å²) in [5.74, 6) is 0. The van der Waals surface area contributed by atoms with Crippen LogP contribution in [-0.4, -0.2) is 24.3 Å². The van der Waals surface area contributed by atoms with Gasteiger partial charge >= 0.3 is 21.5 Å². The molecular formula is C9H8F4O4S. The summed E-state index contributed by atoms with van der Waals surface area (Å²) < 4.78 is 83.1. The van der Waals surface area contributed by atoms with E-state index < -0.39 is 28.1 Å². The predicted molar refractivity (Wildman–Crippen MR) is 52.7 cm³/mol. The number of benzene rings is 1. The minimum Gasteiger partial charge on any atom is -0.310 e. The molecule has 0 radical (unpaired) electrons. The van der Waals surface area contributed by atoms with E-state index in [4.69, 9.17) is 4.55 Å². The van der Waals surface area contributed by atoms with Crippen molar-refractivity contribution in [2.75, 3.05) is 0 Å². The zero-order chi connectivity index (χ0) is 14.0. The Kier molecular flexibility index (Phi) is 3.99.